The van der Waals surface area contributed by atoms with Crippen LogP contribution in [-0.2, 0) is 14.4 Å². The molecule has 0 aliphatic carbocycles. The van der Waals surface area contributed by atoms with Crippen LogP contribution in [0.3, 0.4) is 0 Å². The van der Waals surface area contributed by atoms with Crippen molar-refractivity contribution in [1.82, 2.24) is 9.80 Å². The number of carboxylic acids is 1. The molecule has 2 rings (SSSR count). The number of hydrogen-bond donors (Lipinski definition) is 1. The lowest BCUT2D eigenvalue weighted by atomic mass is 10.1. The first-order valence-electron chi connectivity index (χ1n) is 7.18. The van der Waals surface area contributed by atoms with Crippen molar-refractivity contribution in [2.45, 2.75) is 39.2 Å². The van der Waals surface area contributed by atoms with Gasteiger partial charge in [-0.3, -0.25) is 14.4 Å². The predicted octanol–water partition coefficient (Wildman–Crippen LogP) is 0.566. The van der Waals surface area contributed by atoms with E-state index in [2.05, 4.69) is 0 Å². The second kappa shape index (κ2) is 5.81. The van der Waals surface area contributed by atoms with Crippen molar-refractivity contribution in [3.63, 3.8) is 0 Å². The van der Waals surface area contributed by atoms with Crippen molar-refractivity contribution in [3.8, 4) is 0 Å². The molecule has 2 fully saturated rings. The molecule has 0 saturated carbocycles. The van der Waals surface area contributed by atoms with E-state index in [1.807, 2.05) is 13.8 Å². The molecule has 112 valence electrons. The van der Waals surface area contributed by atoms with Gasteiger partial charge in [-0.05, 0) is 26.2 Å². The molecule has 0 spiro atoms. The third kappa shape index (κ3) is 3.11. The molecule has 6 heteroatoms. The van der Waals surface area contributed by atoms with E-state index in [1.165, 1.54) is 0 Å². The van der Waals surface area contributed by atoms with E-state index in [9.17, 15) is 14.4 Å². The maximum Gasteiger partial charge on any atom is 0.303 e. The van der Waals surface area contributed by atoms with E-state index in [4.69, 9.17) is 5.11 Å². The molecule has 2 unspecified atom stereocenters. The highest BCUT2D eigenvalue weighted by atomic mass is 16.4. The van der Waals surface area contributed by atoms with Gasteiger partial charge < -0.3 is 14.9 Å². The minimum absolute atomic E-state index is 0.00869. The fraction of sp³-hybridized carbons (Fsp3) is 0.786. The molecule has 6 nitrogen and oxygen atoms in total. The molecule has 1 N–H and O–H groups in total. The van der Waals surface area contributed by atoms with Crippen LogP contribution in [0.4, 0.5) is 0 Å². The minimum atomic E-state index is -0.814. The normalized spacial score (nSPS) is 26.6. The minimum Gasteiger partial charge on any atom is -0.481 e. The van der Waals surface area contributed by atoms with Gasteiger partial charge in [0, 0.05) is 38.5 Å². The van der Waals surface area contributed by atoms with Gasteiger partial charge in [0.15, 0.2) is 0 Å². The highest BCUT2D eigenvalue weighted by Crippen LogP contribution is 2.26. The Kier molecular flexibility index (Phi) is 4.30. The predicted molar refractivity (Wildman–Crippen MR) is 71.9 cm³/mol. The SMILES string of the molecule is CC(C)N1CC(C(=O)N2CCC(CC(=O)O)C2)CC1=O. The Labute approximate surface area is 118 Å². The number of carboxylic acid groups (broad SMARTS) is 1. The molecule has 0 bridgehead atoms. The smallest absolute Gasteiger partial charge is 0.303 e. The van der Waals surface area contributed by atoms with Crippen molar-refractivity contribution in [2.24, 2.45) is 11.8 Å². The van der Waals surface area contributed by atoms with Crippen LogP contribution in [0.2, 0.25) is 0 Å². The van der Waals surface area contributed by atoms with Crippen LogP contribution in [0.5, 0.6) is 0 Å². The second-order valence-corrected chi connectivity index (χ2v) is 6.08. The number of amides is 2. The number of carbonyl (C=O) groups excluding carboxylic acids is 2. The van der Waals surface area contributed by atoms with Crippen molar-refractivity contribution in [2.75, 3.05) is 19.6 Å². The molecule has 2 heterocycles. The lowest BCUT2D eigenvalue weighted by Crippen LogP contribution is -2.37. The second-order valence-electron chi connectivity index (χ2n) is 6.08. The van der Waals surface area contributed by atoms with Crippen molar-refractivity contribution in [1.29, 1.82) is 0 Å². The molecule has 0 aromatic carbocycles. The molecular weight excluding hydrogens is 260 g/mol. The molecular formula is C14H22N2O4. The average molecular weight is 282 g/mol. The summed E-state index contributed by atoms with van der Waals surface area (Å²) in [5.74, 6) is -0.969. The van der Waals surface area contributed by atoms with Gasteiger partial charge in [-0.1, -0.05) is 0 Å². The zero-order valence-corrected chi connectivity index (χ0v) is 12.0. The number of likely N-dealkylation sites (tertiary alicyclic amines) is 2. The summed E-state index contributed by atoms with van der Waals surface area (Å²) >= 11 is 0. The maximum atomic E-state index is 12.4. The Bertz CT molecular complexity index is 421. The van der Waals surface area contributed by atoms with Crippen LogP contribution >= 0.6 is 0 Å². The van der Waals surface area contributed by atoms with Crippen LogP contribution in [0.15, 0.2) is 0 Å². The van der Waals surface area contributed by atoms with E-state index in [0.29, 0.717) is 19.6 Å². The Morgan fingerprint density at radius 3 is 2.60 bits per heavy atom. The summed E-state index contributed by atoms with van der Waals surface area (Å²) in [7, 11) is 0. The fourth-order valence-corrected chi connectivity index (χ4v) is 3.10. The summed E-state index contributed by atoms with van der Waals surface area (Å²) in [6, 6.07) is 0.124. The van der Waals surface area contributed by atoms with Crippen LogP contribution in [0, 0.1) is 11.8 Å². The van der Waals surface area contributed by atoms with Gasteiger partial charge in [-0.2, -0.15) is 0 Å². The van der Waals surface area contributed by atoms with E-state index >= 15 is 0 Å². The molecule has 0 aromatic heterocycles. The Morgan fingerprint density at radius 1 is 1.35 bits per heavy atom. The first-order chi connectivity index (χ1) is 9.38. The van der Waals surface area contributed by atoms with Gasteiger partial charge in [0.2, 0.25) is 11.8 Å². The lowest BCUT2D eigenvalue weighted by molar-refractivity contribution is -0.139. The Balaban J connectivity index is 1.90. The van der Waals surface area contributed by atoms with Crippen LogP contribution < -0.4 is 0 Å². The zero-order valence-electron chi connectivity index (χ0n) is 12.0. The molecule has 0 radical (unpaired) electrons. The van der Waals surface area contributed by atoms with Crippen LogP contribution in [0.25, 0.3) is 0 Å². The quantitative estimate of drug-likeness (QED) is 0.817. The number of carbonyl (C=O) groups is 3. The summed E-state index contributed by atoms with van der Waals surface area (Å²) in [5.41, 5.74) is 0. The van der Waals surface area contributed by atoms with E-state index in [1.54, 1.807) is 9.80 Å². The van der Waals surface area contributed by atoms with E-state index in [0.717, 1.165) is 6.42 Å². The number of rotatable bonds is 4. The first kappa shape index (κ1) is 14.8. The van der Waals surface area contributed by atoms with Crippen LogP contribution in [-0.4, -0.2) is 58.4 Å². The van der Waals surface area contributed by atoms with Gasteiger partial charge in [0.05, 0.1) is 5.92 Å². The molecule has 0 aromatic rings. The highest BCUT2D eigenvalue weighted by Gasteiger charge is 2.39. The van der Waals surface area contributed by atoms with Crippen molar-refractivity contribution >= 4 is 17.8 Å². The van der Waals surface area contributed by atoms with Crippen molar-refractivity contribution < 1.29 is 19.5 Å². The number of nitrogens with zero attached hydrogens (tertiary/aromatic N) is 2. The Morgan fingerprint density at radius 2 is 2.05 bits per heavy atom. The summed E-state index contributed by atoms with van der Waals surface area (Å²) in [4.78, 5) is 38.4. The zero-order chi connectivity index (χ0) is 14.9. The van der Waals surface area contributed by atoms with Gasteiger partial charge >= 0.3 is 5.97 Å². The number of aliphatic carboxylic acids is 1. The molecule has 20 heavy (non-hydrogen) atoms. The molecule has 2 saturated heterocycles. The van der Waals surface area contributed by atoms with E-state index in [-0.39, 0.29) is 42.5 Å². The van der Waals surface area contributed by atoms with Crippen molar-refractivity contribution in [3.05, 3.63) is 0 Å². The topological polar surface area (TPSA) is 77.9 Å². The fourth-order valence-electron chi connectivity index (χ4n) is 3.10. The van der Waals surface area contributed by atoms with Gasteiger partial charge in [0.25, 0.3) is 0 Å². The van der Waals surface area contributed by atoms with Gasteiger partial charge in [-0.15, -0.1) is 0 Å². The molecule has 2 atom stereocenters. The van der Waals surface area contributed by atoms with E-state index < -0.39 is 5.97 Å². The first-order valence-corrected chi connectivity index (χ1v) is 7.18. The highest BCUT2D eigenvalue weighted by molar-refractivity contribution is 5.89. The molecule has 2 aliphatic heterocycles. The van der Waals surface area contributed by atoms with Gasteiger partial charge in [0.1, 0.15) is 0 Å². The lowest BCUT2D eigenvalue weighted by Gasteiger charge is -2.23. The Hall–Kier alpha value is -1.59. The third-order valence-corrected chi connectivity index (χ3v) is 4.19. The van der Waals surface area contributed by atoms with Crippen LogP contribution in [0.1, 0.15) is 33.1 Å². The summed E-state index contributed by atoms with van der Waals surface area (Å²) in [6.07, 6.45) is 1.15. The largest absolute Gasteiger partial charge is 0.481 e. The molecule has 2 aliphatic rings. The standard InChI is InChI=1S/C14H22N2O4/c1-9(2)16-8-11(6-12(16)17)14(20)15-4-3-10(7-15)5-13(18)19/h9-11H,3-8H2,1-2H3,(H,18,19). The summed E-state index contributed by atoms with van der Waals surface area (Å²) in [6.45, 7) is 5.52. The monoisotopic (exact) mass is 282 g/mol. The molecule has 2 amide bonds. The summed E-state index contributed by atoms with van der Waals surface area (Å²) < 4.78 is 0. The van der Waals surface area contributed by atoms with Gasteiger partial charge in [-0.25, -0.2) is 0 Å². The number of hydrogen-bond acceptors (Lipinski definition) is 3. The third-order valence-electron chi connectivity index (χ3n) is 4.19. The summed E-state index contributed by atoms with van der Waals surface area (Å²) in [5, 5.41) is 8.79. The average Bonchev–Trinajstić information content (AvgIpc) is 2.94. The maximum absolute atomic E-state index is 12.4.